The number of nitrogens with zero attached hydrogens (tertiary/aromatic N) is 2. The molecule has 1 aromatic rings. The molecule has 170 valence electrons. The van der Waals surface area contributed by atoms with Crippen molar-refractivity contribution >= 4 is 23.3 Å². The number of ether oxygens (including phenoxy) is 1. The summed E-state index contributed by atoms with van der Waals surface area (Å²) in [6.45, 7) is 9.54. The van der Waals surface area contributed by atoms with E-state index in [0.29, 0.717) is 12.0 Å². The summed E-state index contributed by atoms with van der Waals surface area (Å²) in [6, 6.07) is 6.13. The van der Waals surface area contributed by atoms with Crippen molar-refractivity contribution in [1.29, 1.82) is 0 Å². The van der Waals surface area contributed by atoms with Gasteiger partial charge in [-0.3, -0.25) is 14.4 Å². The Bertz CT molecular complexity index is 805. The van der Waals surface area contributed by atoms with Gasteiger partial charge in [-0.2, -0.15) is 0 Å². The molecule has 0 unspecified atom stereocenters. The molecule has 0 saturated carbocycles. The van der Waals surface area contributed by atoms with Gasteiger partial charge >= 0.3 is 0 Å². The molecule has 1 aromatic carbocycles. The third kappa shape index (κ3) is 6.04. The van der Waals surface area contributed by atoms with Crippen molar-refractivity contribution in [3.8, 4) is 0 Å². The zero-order valence-corrected chi connectivity index (χ0v) is 18.9. The molecule has 2 aliphatic rings. The Morgan fingerprint density at radius 1 is 1.19 bits per heavy atom. The van der Waals surface area contributed by atoms with E-state index in [0.717, 1.165) is 31.9 Å². The molecule has 3 rings (SSSR count). The highest BCUT2D eigenvalue weighted by Crippen LogP contribution is 2.18. The van der Waals surface area contributed by atoms with E-state index >= 15 is 0 Å². The molecule has 2 N–H and O–H groups in total. The number of benzene rings is 1. The van der Waals surface area contributed by atoms with E-state index in [9.17, 15) is 14.4 Å². The number of Topliss-reactive ketones (excluding diaryl/α,β-unsaturated/α-hetero) is 1. The number of hydrogen-bond acceptors (Lipinski definition) is 6. The minimum Gasteiger partial charge on any atom is -0.369 e. The van der Waals surface area contributed by atoms with Crippen LogP contribution in [0.1, 0.15) is 37.6 Å². The van der Waals surface area contributed by atoms with Crippen LogP contribution in [0, 0.1) is 5.92 Å². The van der Waals surface area contributed by atoms with Crippen molar-refractivity contribution in [3.63, 3.8) is 0 Å². The Morgan fingerprint density at radius 3 is 2.52 bits per heavy atom. The maximum absolute atomic E-state index is 13.0. The Morgan fingerprint density at radius 2 is 1.90 bits per heavy atom. The van der Waals surface area contributed by atoms with Gasteiger partial charge in [0.25, 0.3) is 5.91 Å². The van der Waals surface area contributed by atoms with Gasteiger partial charge in [0.1, 0.15) is 18.7 Å². The SMILES string of the molecule is CC(C)C[C@H](NC(=O)c1cccc(N2CCN(C)CC2)c1)C(=O)N[C@H]1C(=O)CO[C@@H]1C. The van der Waals surface area contributed by atoms with Gasteiger partial charge in [-0.1, -0.05) is 19.9 Å². The lowest BCUT2D eigenvalue weighted by atomic mass is 10.0. The summed E-state index contributed by atoms with van der Waals surface area (Å²) >= 11 is 0. The summed E-state index contributed by atoms with van der Waals surface area (Å²) in [7, 11) is 2.10. The molecule has 2 aliphatic heterocycles. The normalized spacial score (nSPS) is 23.1. The molecule has 0 aromatic heterocycles. The molecule has 2 heterocycles. The minimum absolute atomic E-state index is 0.00635. The van der Waals surface area contributed by atoms with Crippen LogP contribution in [0.3, 0.4) is 0 Å². The van der Waals surface area contributed by atoms with Crippen LogP contribution < -0.4 is 15.5 Å². The largest absolute Gasteiger partial charge is 0.369 e. The number of carbonyl (C=O) groups excluding carboxylic acids is 3. The molecule has 2 amide bonds. The average molecular weight is 431 g/mol. The van der Waals surface area contributed by atoms with E-state index in [-0.39, 0.29) is 36.2 Å². The van der Waals surface area contributed by atoms with Crippen molar-refractivity contribution in [2.24, 2.45) is 5.92 Å². The number of ketones is 1. The number of piperazine rings is 1. The van der Waals surface area contributed by atoms with Gasteiger partial charge in [0, 0.05) is 37.4 Å². The van der Waals surface area contributed by atoms with Gasteiger partial charge in [0.05, 0.1) is 6.10 Å². The van der Waals surface area contributed by atoms with Gasteiger partial charge < -0.3 is 25.2 Å². The lowest BCUT2D eigenvalue weighted by molar-refractivity contribution is -0.127. The van der Waals surface area contributed by atoms with E-state index in [1.807, 2.05) is 32.0 Å². The molecule has 31 heavy (non-hydrogen) atoms. The molecular weight excluding hydrogens is 396 g/mol. The van der Waals surface area contributed by atoms with Crippen LogP contribution in [0.25, 0.3) is 0 Å². The van der Waals surface area contributed by atoms with E-state index < -0.39 is 12.1 Å². The maximum Gasteiger partial charge on any atom is 0.252 e. The molecule has 0 spiro atoms. The van der Waals surface area contributed by atoms with E-state index in [4.69, 9.17) is 4.74 Å². The Kier molecular flexibility index (Phi) is 7.67. The second kappa shape index (κ2) is 10.2. The highest BCUT2D eigenvalue weighted by atomic mass is 16.5. The van der Waals surface area contributed by atoms with Crippen LogP contribution in [-0.2, 0) is 14.3 Å². The number of rotatable bonds is 7. The summed E-state index contributed by atoms with van der Waals surface area (Å²) in [5.74, 6) is -0.595. The standard InChI is InChI=1S/C23H34N4O4/c1-15(2)12-19(23(30)25-21-16(3)31-14-20(21)28)24-22(29)17-6-5-7-18(13-17)27-10-8-26(4)9-11-27/h5-7,13,15-16,19,21H,8-12,14H2,1-4H3,(H,24,29)(H,25,30)/t16-,19+,21-/m1/s1. The third-order valence-electron chi connectivity index (χ3n) is 5.91. The van der Waals surface area contributed by atoms with Crippen molar-refractivity contribution < 1.29 is 19.1 Å². The van der Waals surface area contributed by atoms with Crippen molar-refractivity contribution in [3.05, 3.63) is 29.8 Å². The highest BCUT2D eigenvalue weighted by molar-refractivity contribution is 5.99. The summed E-state index contributed by atoms with van der Waals surface area (Å²) in [6.07, 6.45) is 0.110. The summed E-state index contributed by atoms with van der Waals surface area (Å²) < 4.78 is 5.31. The van der Waals surface area contributed by atoms with Gasteiger partial charge in [0.2, 0.25) is 5.91 Å². The fourth-order valence-corrected chi connectivity index (χ4v) is 3.97. The molecule has 0 aliphatic carbocycles. The molecule has 0 radical (unpaired) electrons. The second-order valence-electron chi connectivity index (χ2n) is 8.96. The number of carbonyl (C=O) groups is 3. The van der Waals surface area contributed by atoms with Crippen LogP contribution in [0.15, 0.2) is 24.3 Å². The average Bonchev–Trinajstić information content (AvgIpc) is 3.05. The zero-order chi connectivity index (χ0) is 22.5. The van der Waals surface area contributed by atoms with Crippen molar-refractivity contribution in [2.45, 2.75) is 45.4 Å². The van der Waals surface area contributed by atoms with Crippen LogP contribution >= 0.6 is 0 Å². The zero-order valence-electron chi connectivity index (χ0n) is 18.9. The molecule has 2 saturated heterocycles. The topological polar surface area (TPSA) is 91.0 Å². The molecule has 8 heteroatoms. The molecule has 8 nitrogen and oxygen atoms in total. The van der Waals surface area contributed by atoms with Crippen LogP contribution in [-0.4, -0.2) is 80.5 Å². The Hall–Kier alpha value is -2.45. The first-order chi connectivity index (χ1) is 14.7. The van der Waals surface area contributed by atoms with Gasteiger partial charge in [-0.15, -0.1) is 0 Å². The third-order valence-corrected chi connectivity index (χ3v) is 5.91. The van der Waals surface area contributed by atoms with E-state index in [1.165, 1.54) is 0 Å². The number of nitrogens with one attached hydrogen (secondary N) is 2. The second-order valence-corrected chi connectivity index (χ2v) is 8.96. The molecule has 2 fully saturated rings. The smallest absolute Gasteiger partial charge is 0.252 e. The molecular formula is C23H34N4O4. The number of amides is 2. The fraction of sp³-hybridized carbons (Fsp3) is 0.609. The van der Waals surface area contributed by atoms with E-state index in [1.54, 1.807) is 13.0 Å². The van der Waals surface area contributed by atoms with E-state index in [2.05, 4.69) is 27.5 Å². The Balaban J connectivity index is 1.68. The first kappa shape index (κ1) is 23.2. The fourth-order valence-electron chi connectivity index (χ4n) is 3.97. The van der Waals surface area contributed by atoms with Crippen LogP contribution in [0.2, 0.25) is 0 Å². The van der Waals surface area contributed by atoms with Gasteiger partial charge in [-0.05, 0) is 44.5 Å². The predicted octanol–water partition coefficient (Wildman–Crippen LogP) is 1.06. The lowest BCUT2D eigenvalue weighted by Crippen LogP contribution is -2.53. The van der Waals surface area contributed by atoms with Crippen LogP contribution in [0.5, 0.6) is 0 Å². The van der Waals surface area contributed by atoms with Crippen molar-refractivity contribution in [2.75, 3.05) is 44.7 Å². The quantitative estimate of drug-likeness (QED) is 0.672. The minimum atomic E-state index is -0.722. The monoisotopic (exact) mass is 430 g/mol. The first-order valence-electron chi connectivity index (χ1n) is 11.0. The summed E-state index contributed by atoms with van der Waals surface area (Å²) in [5.41, 5.74) is 1.53. The highest BCUT2D eigenvalue weighted by Gasteiger charge is 2.35. The van der Waals surface area contributed by atoms with Gasteiger partial charge in [-0.25, -0.2) is 0 Å². The molecule has 3 atom stereocenters. The predicted molar refractivity (Wildman–Crippen MR) is 119 cm³/mol. The first-order valence-corrected chi connectivity index (χ1v) is 11.0. The van der Waals surface area contributed by atoms with Crippen LogP contribution in [0.4, 0.5) is 5.69 Å². The van der Waals surface area contributed by atoms with Gasteiger partial charge in [0.15, 0.2) is 5.78 Å². The van der Waals surface area contributed by atoms with Crippen molar-refractivity contribution in [1.82, 2.24) is 15.5 Å². The molecule has 0 bridgehead atoms. The number of hydrogen-bond donors (Lipinski definition) is 2. The summed E-state index contributed by atoms with van der Waals surface area (Å²) in [4.78, 5) is 42.4. The number of likely N-dealkylation sites (N-methyl/N-ethyl adjacent to an activating group) is 1. The lowest BCUT2D eigenvalue weighted by Gasteiger charge is -2.34. The number of anilines is 1. The Labute approximate surface area is 184 Å². The summed E-state index contributed by atoms with van der Waals surface area (Å²) in [5, 5.41) is 5.64. The maximum atomic E-state index is 13.0.